The van der Waals surface area contributed by atoms with E-state index in [4.69, 9.17) is 0 Å². The van der Waals surface area contributed by atoms with Crippen molar-refractivity contribution >= 4 is 16.6 Å². The molecule has 0 saturated carbocycles. The number of nitrogens with one attached hydrogen (secondary N) is 1. The number of pyridine rings is 1. The molecule has 0 radical (unpaired) electrons. The van der Waals surface area contributed by atoms with Crippen molar-refractivity contribution < 1.29 is 13.0 Å². The summed E-state index contributed by atoms with van der Waals surface area (Å²) in [7, 11) is -0.891. The second kappa shape index (κ2) is 5.89. The molecule has 0 aliphatic heterocycles. The van der Waals surface area contributed by atoms with Crippen LogP contribution in [-0.2, 0) is 10.8 Å². The van der Waals surface area contributed by atoms with Crippen molar-refractivity contribution in [1.29, 1.82) is 0 Å². The van der Waals surface area contributed by atoms with Gasteiger partial charge in [0, 0.05) is 34.9 Å². The van der Waals surface area contributed by atoms with E-state index in [2.05, 4.69) is 10.3 Å². The molecule has 0 spiro atoms. The molecule has 0 aliphatic carbocycles. The maximum atomic E-state index is 13.1. The highest BCUT2D eigenvalue weighted by Crippen LogP contribution is 2.11. The molecule has 0 bridgehead atoms. The van der Waals surface area contributed by atoms with E-state index in [0.29, 0.717) is 13.0 Å². The van der Waals surface area contributed by atoms with Gasteiger partial charge in [0.25, 0.3) is 0 Å². The van der Waals surface area contributed by atoms with Gasteiger partial charge in [-0.1, -0.05) is 6.92 Å². The minimum atomic E-state index is -0.891. The van der Waals surface area contributed by atoms with Crippen molar-refractivity contribution in [3.63, 3.8) is 0 Å². The van der Waals surface area contributed by atoms with E-state index in [1.54, 1.807) is 6.26 Å². The second-order valence-corrected chi connectivity index (χ2v) is 5.31. The highest BCUT2D eigenvalue weighted by atomic mass is 32.2. The third kappa shape index (κ3) is 3.84. The molecule has 0 fully saturated rings. The van der Waals surface area contributed by atoms with Crippen LogP contribution in [0.15, 0.2) is 12.3 Å². The van der Waals surface area contributed by atoms with Crippen LogP contribution in [0.5, 0.6) is 0 Å². The number of hydrogen-bond acceptors (Lipinski definition) is 3. The van der Waals surface area contributed by atoms with E-state index in [1.165, 1.54) is 0 Å². The zero-order valence-corrected chi connectivity index (χ0v) is 9.98. The lowest BCUT2D eigenvalue weighted by atomic mass is 10.3. The molecule has 1 heterocycles. The fourth-order valence-electron chi connectivity index (χ4n) is 1.10. The monoisotopic (exact) mass is 248 g/mol. The molecular formula is C10H14F2N2OS. The summed E-state index contributed by atoms with van der Waals surface area (Å²) < 4.78 is 36.7. The third-order valence-electron chi connectivity index (χ3n) is 2.22. The Hall–Kier alpha value is -1.04. The summed E-state index contributed by atoms with van der Waals surface area (Å²) in [5.41, 5.74) is 0. The number of anilines is 1. The van der Waals surface area contributed by atoms with Crippen molar-refractivity contribution in [2.45, 2.75) is 18.6 Å². The predicted molar refractivity (Wildman–Crippen MR) is 60.8 cm³/mol. The second-order valence-electron chi connectivity index (χ2n) is 3.51. The maximum absolute atomic E-state index is 13.1. The van der Waals surface area contributed by atoms with Crippen LogP contribution in [0, 0.1) is 11.6 Å². The molecule has 0 amide bonds. The molecular weight excluding hydrogens is 234 g/mol. The van der Waals surface area contributed by atoms with Gasteiger partial charge in [-0.15, -0.1) is 0 Å². The van der Waals surface area contributed by atoms with Crippen LogP contribution in [0.1, 0.15) is 13.3 Å². The first-order chi connectivity index (χ1) is 7.50. The Balaban J connectivity index is 2.46. The minimum absolute atomic E-state index is 0.0236. The van der Waals surface area contributed by atoms with Crippen molar-refractivity contribution in [2.75, 3.05) is 18.1 Å². The quantitative estimate of drug-likeness (QED) is 0.865. The molecule has 0 aliphatic rings. The lowest BCUT2D eigenvalue weighted by Gasteiger charge is -2.09. The van der Waals surface area contributed by atoms with E-state index < -0.39 is 22.4 Å². The zero-order chi connectivity index (χ0) is 12.1. The van der Waals surface area contributed by atoms with E-state index in [0.717, 1.165) is 12.3 Å². The Morgan fingerprint density at radius 1 is 1.56 bits per heavy atom. The largest absolute Gasteiger partial charge is 0.368 e. The first kappa shape index (κ1) is 13.0. The molecule has 2 unspecified atom stereocenters. The van der Waals surface area contributed by atoms with Crippen molar-refractivity contribution in [2.24, 2.45) is 0 Å². The summed E-state index contributed by atoms with van der Waals surface area (Å²) in [4.78, 5) is 3.58. The van der Waals surface area contributed by atoms with Crippen molar-refractivity contribution in [3.05, 3.63) is 23.9 Å². The van der Waals surface area contributed by atoms with Gasteiger partial charge >= 0.3 is 0 Å². The number of nitrogens with zero attached hydrogens (tertiary/aromatic N) is 1. The Bertz CT molecular complexity index is 387. The molecule has 3 nitrogen and oxygen atoms in total. The smallest absolute Gasteiger partial charge is 0.168 e. The Labute approximate surface area is 95.7 Å². The van der Waals surface area contributed by atoms with Gasteiger partial charge in [-0.2, -0.15) is 0 Å². The SMILES string of the molecule is CC(CCNc1ncc(F)cc1F)S(C)=O. The van der Waals surface area contributed by atoms with Crippen LogP contribution < -0.4 is 5.32 Å². The molecule has 90 valence electrons. The lowest BCUT2D eigenvalue weighted by molar-refractivity contribution is 0.575. The van der Waals surface area contributed by atoms with Crippen LogP contribution in [0.4, 0.5) is 14.6 Å². The van der Waals surface area contributed by atoms with Gasteiger partial charge in [-0.05, 0) is 6.42 Å². The van der Waals surface area contributed by atoms with Gasteiger partial charge in [-0.25, -0.2) is 13.8 Å². The summed E-state index contributed by atoms with van der Waals surface area (Å²) in [6.07, 6.45) is 3.22. The van der Waals surface area contributed by atoms with Crippen LogP contribution in [0.2, 0.25) is 0 Å². The molecule has 1 N–H and O–H groups in total. The van der Waals surface area contributed by atoms with Crippen molar-refractivity contribution in [3.8, 4) is 0 Å². The molecule has 1 aromatic heterocycles. The zero-order valence-electron chi connectivity index (χ0n) is 9.17. The van der Waals surface area contributed by atoms with Crippen LogP contribution in [0.25, 0.3) is 0 Å². The number of aromatic nitrogens is 1. The Morgan fingerprint density at radius 2 is 2.25 bits per heavy atom. The van der Waals surface area contributed by atoms with Crippen LogP contribution in [-0.4, -0.2) is 27.2 Å². The summed E-state index contributed by atoms with van der Waals surface area (Å²) in [6.45, 7) is 2.31. The highest BCUT2D eigenvalue weighted by molar-refractivity contribution is 7.84. The first-order valence-corrected chi connectivity index (χ1v) is 6.50. The van der Waals surface area contributed by atoms with Gasteiger partial charge in [0.2, 0.25) is 0 Å². The summed E-state index contributed by atoms with van der Waals surface area (Å²) >= 11 is 0. The Kier molecular flexibility index (Phi) is 4.79. The fourth-order valence-corrected chi connectivity index (χ4v) is 1.55. The highest BCUT2D eigenvalue weighted by Gasteiger charge is 2.08. The van der Waals surface area contributed by atoms with E-state index in [9.17, 15) is 13.0 Å². The standard InChI is InChI=1S/C10H14F2N2OS/c1-7(16(2)15)3-4-13-10-9(12)5-8(11)6-14-10/h5-7H,3-4H2,1-2H3,(H,13,14). The van der Waals surface area contributed by atoms with E-state index in [1.807, 2.05) is 6.92 Å². The molecule has 16 heavy (non-hydrogen) atoms. The average molecular weight is 248 g/mol. The topological polar surface area (TPSA) is 42.0 Å². The summed E-state index contributed by atoms with van der Waals surface area (Å²) in [6, 6.07) is 0.775. The van der Waals surface area contributed by atoms with Crippen molar-refractivity contribution in [1.82, 2.24) is 4.98 Å². The molecule has 0 aromatic carbocycles. The minimum Gasteiger partial charge on any atom is -0.368 e. The van der Waals surface area contributed by atoms with E-state index >= 15 is 0 Å². The summed E-state index contributed by atoms with van der Waals surface area (Å²) in [5, 5.41) is 2.78. The maximum Gasteiger partial charge on any atom is 0.168 e. The third-order valence-corrected chi connectivity index (χ3v) is 3.59. The molecule has 2 atom stereocenters. The number of hydrogen-bond donors (Lipinski definition) is 1. The number of halogens is 2. The van der Waals surface area contributed by atoms with E-state index in [-0.39, 0.29) is 11.1 Å². The van der Waals surface area contributed by atoms with Gasteiger partial charge in [0.15, 0.2) is 11.6 Å². The average Bonchev–Trinajstić information content (AvgIpc) is 2.20. The van der Waals surface area contributed by atoms with Crippen LogP contribution >= 0.6 is 0 Å². The lowest BCUT2D eigenvalue weighted by Crippen LogP contribution is -2.15. The molecule has 1 rings (SSSR count). The van der Waals surface area contributed by atoms with Gasteiger partial charge in [0.05, 0.1) is 6.20 Å². The molecule has 0 saturated heterocycles. The van der Waals surface area contributed by atoms with Gasteiger partial charge in [0.1, 0.15) is 5.82 Å². The van der Waals surface area contributed by atoms with Gasteiger partial charge in [-0.3, -0.25) is 4.21 Å². The molecule has 6 heteroatoms. The predicted octanol–water partition coefficient (Wildman–Crippen LogP) is 1.93. The first-order valence-electron chi connectivity index (χ1n) is 4.88. The fraction of sp³-hybridized carbons (Fsp3) is 0.500. The Morgan fingerprint density at radius 3 is 2.81 bits per heavy atom. The number of rotatable bonds is 5. The normalized spacial score (nSPS) is 14.5. The van der Waals surface area contributed by atoms with Crippen LogP contribution in [0.3, 0.4) is 0 Å². The molecule has 1 aromatic rings. The van der Waals surface area contributed by atoms with Gasteiger partial charge < -0.3 is 5.32 Å². The summed E-state index contributed by atoms with van der Waals surface area (Å²) in [5.74, 6) is -1.40.